The molecule has 0 radical (unpaired) electrons. The van der Waals surface area contributed by atoms with Crippen LogP contribution >= 0.6 is 23.2 Å². The second-order valence-corrected chi connectivity index (χ2v) is 9.95. The third-order valence-corrected chi connectivity index (χ3v) is 6.80. The molecule has 0 aromatic heterocycles. The highest BCUT2D eigenvalue weighted by molar-refractivity contribution is 6.36. The molecule has 2 N–H and O–H groups in total. The van der Waals surface area contributed by atoms with Crippen molar-refractivity contribution in [3.63, 3.8) is 0 Å². The molecule has 3 aromatic carbocycles. The Balaban J connectivity index is 1.67. The smallest absolute Gasteiger partial charge is 0.305 e. The second-order valence-electron chi connectivity index (χ2n) is 9.08. The maximum absolute atomic E-state index is 13.7. The number of fused-ring (bicyclic) bond motifs is 1. The van der Waals surface area contributed by atoms with Gasteiger partial charge in [-0.05, 0) is 78.8 Å². The van der Waals surface area contributed by atoms with Crippen molar-refractivity contribution < 1.29 is 24.3 Å². The van der Waals surface area contributed by atoms with Crippen LogP contribution in [-0.2, 0) is 17.6 Å². The molecule has 0 heterocycles. The molecular formula is C30H25Cl2NO5. The van der Waals surface area contributed by atoms with Gasteiger partial charge >= 0.3 is 5.97 Å². The molecule has 0 saturated carbocycles. The molecule has 0 atom stereocenters. The summed E-state index contributed by atoms with van der Waals surface area (Å²) in [6.45, 7) is -0.00427. The highest BCUT2D eigenvalue weighted by atomic mass is 35.5. The number of allylic oxidation sites excluding steroid dienone is 2. The van der Waals surface area contributed by atoms with E-state index in [-0.39, 0.29) is 35.4 Å². The Kier molecular flexibility index (Phi) is 8.77. The van der Waals surface area contributed by atoms with Gasteiger partial charge in [-0.2, -0.15) is 0 Å². The monoisotopic (exact) mass is 549 g/mol. The summed E-state index contributed by atoms with van der Waals surface area (Å²) in [5.74, 6) is -2.24. The molecule has 0 unspecified atom stereocenters. The lowest BCUT2D eigenvalue weighted by Crippen LogP contribution is -2.26. The van der Waals surface area contributed by atoms with Crippen molar-refractivity contribution >= 4 is 52.2 Å². The highest BCUT2D eigenvalue weighted by Gasteiger charge is 2.20. The highest BCUT2D eigenvalue weighted by Crippen LogP contribution is 2.28. The van der Waals surface area contributed by atoms with E-state index in [4.69, 9.17) is 28.3 Å². The van der Waals surface area contributed by atoms with Crippen LogP contribution < -0.4 is 5.32 Å². The molecule has 4 rings (SSSR count). The normalized spacial score (nSPS) is 12.9. The average molecular weight is 550 g/mol. The lowest BCUT2D eigenvalue weighted by molar-refractivity contribution is -0.136. The summed E-state index contributed by atoms with van der Waals surface area (Å²) in [6.07, 6.45) is 5.20. The summed E-state index contributed by atoms with van der Waals surface area (Å²) in [6, 6.07) is 16.4. The number of hydrogen-bond acceptors (Lipinski definition) is 4. The third-order valence-electron chi connectivity index (χ3n) is 6.36. The van der Waals surface area contributed by atoms with Crippen LogP contribution in [0.15, 0.2) is 66.7 Å². The number of aryl methyl sites for hydroxylation is 2. The number of ketones is 2. The number of carbonyl (C=O) groups excluding carboxylic acids is 3. The Hall–Kier alpha value is -3.74. The molecule has 0 aliphatic heterocycles. The van der Waals surface area contributed by atoms with E-state index in [9.17, 15) is 19.2 Å². The molecule has 3 aromatic rings. The van der Waals surface area contributed by atoms with E-state index >= 15 is 0 Å². The minimum absolute atomic E-state index is 0.00427. The van der Waals surface area contributed by atoms with Gasteiger partial charge in [0.2, 0.25) is 0 Å². The van der Waals surface area contributed by atoms with Crippen molar-refractivity contribution in [2.24, 2.45) is 0 Å². The van der Waals surface area contributed by atoms with Crippen molar-refractivity contribution in [2.45, 2.75) is 32.1 Å². The molecule has 38 heavy (non-hydrogen) atoms. The summed E-state index contributed by atoms with van der Waals surface area (Å²) in [5, 5.41) is 11.9. The number of benzene rings is 3. The minimum atomic E-state index is -1.01. The van der Waals surface area contributed by atoms with Gasteiger partial charge in [-0.3, -0.25) is 19.2 Å². The first-order chi connectivity index (χ1) is 18.2. The number of carboxylic acids is 1. The zero-order valence-electron chi connectivity index (χ0n) is 20.4. The van der Waals surface area contributed by atoms with Crippen molar-refractivity contribution in [3.8, 4) is 0 Å². The number of carbonyl (C=O) groups is 4. The van der Waals surface area contributed by atoms with E-state index in [1.54, 1.807) is 0 Å². The van der Waals surface area contributed by atoms with Crippen LogP contribution in [0, 0.1) is 0 Å². The van der Waals surface area contributed by atoms with Gasteiger partial charge in [-0.1, -0.05) is 53.5 Å². The van der Waals surface area contributed by atoms with E-state index in [0.29, 0.717) is 21.2 Å². The quantitative estimate of drug-likeness (QED) is 0.243. The molecular weight excluding hydrogens is 525 g/mol. The molecule has 1 aliphatic rings. The predicted molar refractivity (Wildman–Crippen MR) is 147 cm³/mol. The van der Waals surface area contributed by atoms with Crippen LogP contribution in [0.4, 0.5) is 0 Å². The lowest BCUT2D eigenvalue weighted by atomic mass is 9.87. The summed E-state index contributed by atoms with van der Waals surface area (Å²) < 4.78 is 0. The zero-order chi connectivity index (χ0) is 27.2. The molecule has 0 bridgehead atoms. The van der Waals surface area contributed by atoms with Crippen LogP contribution in [0.1, 0.15) is 67.0 Å². The van der Waals surface area contributed by atoms with Gasteiger partial charge in [0.05, 0.1) is 6.42 Å². The fraction of sp³-hybridized carbons (Fsp3) is 0.200. The Morgan fingerprint density at radius 3 is 2.03 bits per heavy atom. The molecule has 8 heteroatoms. The third kappa shape index (κ3) is 6.77. The van der Waals surface area contributed by atoms with E-state index in [0.717, 1.165) is 25.7 Å². The number of hydrogen-bond donors (Lipinski definition) is 2. The number of halogens is 2. The van der Waals surface area contributed by atoms with Crippen molar-refractivity contribution in [2.75, 3.05) is 6.54 Å². The van der Waals surface area contributed by atoms with Gasteiger partial charge in [0.25, 0.3) is 5.91 Å². The number of carboxylic acid groups (broad SMARTS) is 1. The number of aliphatic carboxylic acids is 1. The summed E-state index contributed by atoms with van der Waals surface area (Å²) in [5.41, 5.74) is 4.12. The van der Waals surface area contributed by atoms with E-state index < -0.39 is 17.7 Å². The molecule has 0 saturated heterocycles. The number of amides is 1. The maximum Gasteiger partial charge on any atom is 0.305 e. The topological polar surface area (TPSA) is 101 Å². The van der Waals surface area contributed by atoms with Crippen molar-refractivity contribution in [1.82, 2.24) is 5.32 Å². The second kappa shape index (κ2) is 12.2. The molecule has 0 spiro atoms. The van der Waals surface area contributed by atoms with E-state index in [1.165, 1.54) is 59.7 Å². The first-order valence-corrected chi connectivity index (χ1v) is 13.0. The van der Waals surface area contributed by atoms with Gasteiger partial charge in [0.15, 0.2) is 11.6 Å². The van der Waals surface area contributed by atoms with E-state index in [2.05, 4.69) is 5.32 Å². The molecule has 1 aliphatic carbocycles. The van der Waals surface area contributed by atoms with Crippen LogP contribution in [0.25, 0.3) is 5.57 Å². The van der Waals surface area contributed by atoms with Crippen LogP contribution in [0.3, 0.4) is 0 Å². The standard InChI is InChI=1S/C30H25Cl2NO5/c31-24-14-23(15-25(32)16-24)27(34)17-26(22-10-5-18-3-1-2-4-21(18)13-22)29(37)19-6-8-20(9-7-19)30(38)33-12-11-28(35)36/h5-10,13-17H,1-4,11-12H2,(H,33,38)(H,35,36). The minimum Gasteiger partial charge on any atom is -0.481 e. The van der Waals surface area contributed by atoms with Crippen LogP contribution in [0.5, 0.6) is 0 Å². The van der Waals surface area contributed by atoms with Gasteiger partial charge in [-0.15, -0.1) is 0 Å². The summed E-state index contributed by atoms with van der Waals surface area (Å²) in [4.78, 5) is 49.9. The van der Waals surface area contributed by atoms with Gasteiger partial charge in [0.1, 0.15) is 0 Å². The first kappa shape index (κ1) is 27.3. The predicted octanol–water partition coefficient (Wildman–Crippen LogP) is 6.23. The van der Waals surface area contributed by atoms with Gasteiger partial charge in [-0.25, -0.2) is 0 Å². The molecule has 1 amide bonds. The fourth-order valence-electron chi connectivity index (χ4n) is 4.40. The van der Waals surface area contributed by atoms with Crippen molar-refractivity contribution in [3.05, 3.63) is 110 Å². The Morgan fingerprint density at radius 2 is 1.37 bits per heavy atom. The van der Waals surface area contributed by atoms with Gasteiger partial charge in [0, 0.05) is 38.9 Å². The van der Waals surface area contributed by atoms with Crippen LogP contribution in [-0.4, -0.2) is 35.1 Å². The average Bonchev–Trinajstić information content (AvgIpc) is 2.90. The zero-order valence-corrected chi connectivity index (χ0v) is 21.9. The fourth-order valence-corrected chi connectivity index (χ4v) is 4.93. The van der Waals surface area contributed by atoms with Crippen molar-refractivity contribution in [1.29, 1.82) is 0 Å². The van der Waals surface area contributed by atoms with Gasteiger partial charge < -0.3 is 10.4 Å². The molecule has 0 fully saturated rings. The largest absolute Gasteiger partial charge is 0.481 e. The first-order valence-electron chi connectivity index (χ1n) is 12.2. The Morgan fingerprint density at radius 1 is 0.763 bits per heavy atom. The number of rotatable bonds is 9. The Labute approximate surface area is 230 Å². The van der Waals surface area contributed by atoms with Crippen LogP contribution in [0.2, 0.25) is 10.0 Å². The van der Waals surface area contributed by atoms with E-state index in [1.807, 2.05) is 18.2 Å². The SMILES string of the molecule is O=C(O)CCNC(=O)c1ccc(C(=O)C(=CC(=O)c2cc(Cl)cc(Cl)c2)c2ccc3c(c2)CCCC3)cc1. The summed E-state index contributed by atoms with van der Waals surface area (Å²) in [7, 11) is 0. The lowest BCUT2D eigenvalue weighted by Gasteiger charge is -2.17. The Bertz CT molecular complexity index is 1420. The molecule has 194 valence electrons. The number of nitrogens with one attached hydrogen (secondary N) is 1. The number of Topliss-reactive ketones (excluding diaryl/α,β-unsaturated/α-hetero) is 1. The maximum atomic E-state index is 13.7. The molecule has 6 nitrogen and oxygen atoms in total. The summed E-state index contributed by atoms with van der Waals surface area (Å²) >= 11 is 12.2.